The van der Waals surface area contributed by atoms with Crippen molar-refractivity contribution >= 4 is 0 Å². The first-order chi connectivity index (χ1) is 9.88. The van der Waals surface area contributed by atoms with E-state index in [0.29, 0.717) is 18.1 Å². The van der Waals surface area contributed by atoms with Crippen molar-refractivity contribution in [2.75, 3.05) is 32.7 Å². The number of nitrogens with zero attached hydrogens (tertiary/aromatic N) is 3. The molecule has 0 amide bonds. The Morgan fingerprint density at radius 1 is 0.857 bits per heavy atom. The maximum atomic E-state index is 2.76. The fourth-order valence-corrected chi connectivity index (χ4v) is 4.18. The second-order valence-electron chi connectivity index (χ2n) is 8.02. The van der Waals surface area contributed by atoms with Gasteiger partial charge >= 0.3 is 0 Å². The molecule has 2 saturated heterocycles. The summed E-state index contributed by atoms with van der Waals surface area (Å²) in [4.78, 5) is 8.07. The van der Waals surface area contributed by atoms with Gasteiger partial charge in [0.05, 0.1) is 0 Å². The number of piperidine rings is 1. The van der Waals surface area contributed by atoms with E-state index in [1.54, 1.807) is 0 Å². The molecule has 3 nitrogen and oxygen atoms in total. The van der Waals surface area contributed by atoms with Gasteiger partial charge in [-0.05, 0) is 73.4 Å². The third-order valence-electron chi connectivity index (χ3n) is 5.70. The van der Waals surface area contributed by atoms with Crippen molar-refractivity contribution in [1.29, 1.82) is 0 Å². The van der Waals surface area contributed by atoms with E-state index in [-0.39, 0.29) is 0 Å². The molecule has 0 unspecified atom stereocenters. The van der Waals surface area contributed by atoms with E-state index in [4.69, 9.17) is 0 Å². The summed E-state index contributed by atoms with van der Waals surface area (Å²) in [7, 11) is 0. The Hall–Kier alpha value is -0.120. The lowest BCUT2D eigenvalue weighted by Gasteiger charge is -2.47. The van der Waals surface area contributed by atoms with E-state index in [1.165, 1.54) is 45.6 Å². The Bertz CT molecular complexity index is 308. The number of piperazine rings is 1. The average Bonchev–Trinajstić information content (AvgIpc) is 2.42. The molecule has 0 radical (unpaired) electrons. The maximum absolute atomic E-state index is 2.76. The van der Waals surface area contributed by atoms with Gasteiger partial charge in [0.1, 0.15) is 0 Å². The van der Waals surface area contributed by atoms with Crippen LogP contribution < -0.4 is 0 Å². The van der Waals surface area contributed by atoms with Gasteiger partial charge in [-0.1, -0.05) is 0 Å². The van der Waals surface area contributed by atoms with Crippen molar-refractivity contribution in [3.8, 4) is 0 Å². The topological polar surface area (TPSA) is 9.72 Å². The van der Waals surface area contributed by atoms with Gasteiger partial charge < -0.3 is 4.90 Å². The smallest absolute Gasteiger partial charge is 0.0198 e. The van der Waals surface area contributed by atoms with Gasteiger partial charge in [-0.25, -0.2) is 0 Å². The largest absolute Gasteiger partial charge is 0.301 e. The zero-order chi connectivity index (χ0) is 15.6. The van der Waals surface area contributed by atoms with E-state index in [1.807, 2.05) is 0 Å². The lowest BCUT2D eigenvalue weighted by atomic mass is 9.94. The first-order valence-corrected chi connectivity index (χ1v) is 9.12. The molecule has 0 spiro atoms. The highest BCUT2D eigenvalue weighted by molar-refractivity contribution is 4.88. The molecule has 2 fully saturated rings. The Morgan fingerprint density at radius 2 is 1.48 bits per heavy atom. The Labute approximate surface area is 132 Å². The summed E-state index contributed by atoms with van der Waals surface area (Å²) in [6.45, 7) is 20.6. The molecule has 0 bridgehead atoms. The predicted molar refractivity (Wildman–Crippen MR) is 91.8 cm³/mol. The van der Waals surface area contributed by atoms with Gasteiger partial charge in [0.15, 0.2) is 0 Å². The summed E-state index contributed by atoms with van der Waals surface area (Å²) in [5.41, 5.74) is 0. The number of hydrogen-bond donors (Lipinski definition) is 0. The lowest BCUT2D eigenvalue weighted by molar-refractivity contribution is 0.00819. The van der Waals surface area contributed by atoms with Crippen LogP contribution in [-0.4, -0.2) is 71.6 Å². The van der Waals surface area contributed by atoms with Crippen LogP contribution in [-0.2, 0) is 0 Å². The highest BCUT2D eigenvalue weighted by Gasteiger charge is 2.32. The first kappa shape index (κ1) is 17.2. The van der Waals surface area contributed by atoms with Gasteiger partial charge in [0, 0.05) is 43.8 Å². The SMILES string of the molecule is CC(C)N1CCC(CN2C[C@@H](C)N(C(C)C)C[C@H]2C)CC1. The molecule has 21 heavy (non-hydrogen) atoms. The number of rotatable bonds is 4. The van der Waals surface area contributed by atoms with Crippen LogP contribution in [0.25, 0.3) is 0 Å². The van der Waals surface area contributed by atoms with Crippen LogP contribution in [0.15, 0.2) is 0 Å². The molecule has 2 rings (SSSR count). The van der Waals surface area contributed by atoms with Crippen LogP contribution in [0.4, 0.5) is 0 Å². The zero-order valence-electron chi connectivity index (χ0n) is 15.2. The molecule has 2 heterocycles. The standard InChI is InChI=1S/C18H37N3/c1-14(2)19-9-7-18(8-10-19)13-20-11-17(6)21(15(3)4)12-16(20)5/h14-18H,7-13H2,1-6H3/t16-,17-/m1/s1. The molecule has 124 valence electrons. The molecule has 2 atom stereocenters. The normalized spacial score (nSPS) is 31.4. The highest BCUT2D eigenvalue weighted by atomic mass is 15.3. The second kappa shape index (κ2) is 7.43. The summed E-state index contributed by atoms with van der Waals surface area (Å²) in [6, 6.07) is 2.82. The molecule has 0 aromatic rings. The molecular weight excluding hydrogens is 258 g/mol. The van der Waals surface area contributed by atoms with E-state index in [2.05, 4.69) is 56.2 Å². The molecule has 2 aliphatic rings. The van der Waals surface area contributed by atoms with Gasteiger partial charge in [-0.3, -0.25) is 9.80 Å². The average molecular weight is 296 g/mol. The first-order valence-electron chi connectivity index (χ1n) is 9.12. The molecule has 0 aromatic carbocycles. The number of hydrogen-bond acceptors (Lipinski definition) is 3. The quantitative estimate of drug-likeness (QED) is 0.789. The third kappa shape index (κ3) is 4.43. The molecule has 2 aliphatic heterocycles. The van der Waals surface area contributed by atoms with Crippen molar-refractivity contribution in [2.45, 2.75) is 78.6 Å². The van der Waals surface area contributed by atoms with Crippen molar-refractivity contribution < 1.29 is 0 Å². The fourth-order valence-electron chi connectivity index (χ4n) is 4.18. The van der Waals surface area contributed by atoms with Crippen LogP contribution in [0, 0.1) is 5.92 Å². The van der Waals surface area contributed by atoms with Crippen LogP contribution in [0.3, 0.4) is 0 Å². The lowest BCUT2D eigenvalue weighted by Crippen LogP contribution is -2.59. The van der Waals surface area contributed by atoms with Crippen molar-refractivity contribution in [3.63, 3.8) is 0 Å². The minimum absolute atomic E-state index is 0.680. The molecule has 0 aromatic heterocycles. The van der Waals surface area contributed by atoms with Crippen molar-refractivity contribution in [1.82, 2.24) is 14.7 Å². The summed E-state index contributed by atoms with van der Waals surface area (Å²) in [5.74, 6) is 0.917. The maximum Gasteiger partial charge on any atom is 0.0198 e. The van der Waals surface area contributed by atoms with Gasteiger partial charge in [0.2, 0.25) is 0 Å². The van der Waals surface area contributed by atoms with E-state index in [0.717, 1.165) is 12.0 Å². The van der Waals surface area contributed by atoms with Crippen molar-refractivity contribution in [3.05, 3.63) is 0 Å². The Kier molecular flexibility index (Phi) is 6.10. The molecular formula is C18H37N3. The molecule has 0 aliphatic carbocycles. The minimum Gasteiger partial charge on any atom is -0.301 e. The second-order valence-corrected chi connectivity index (χ2v) is 8.02. The monoisotopic (exact) mass is 295 g/mol. The van der Waals surface area contributed by atoms with Gasteiger partial charge in [0.25, 0.3) is 0 Å². The van der Waals surface area contributed by atoms with Crippen molar-refractivity contribution in [2.24, 2.45) is 5.92 Å². The minimum atomic E-state index is 0.680. The summed E-state index contributed by atoms with van der Waals surface area (Å²) < 4.78 is 0. The Morgan fingerprint density at radius 3 is 2.00 bits per heavy atom. The van der Waals surface area contributed by atoms with Crippen LogP contribution >= 0.6 is 0 Å². The van der Waals surface area contributed by atoms with Crippen LogP contribution in [0.2, 0.25) is 0 Å². The summed E-state index contributed by atoms with van der Waals surface area (Å²) >= 11 is 0. The number of likely N-dealkylation sites (tertiary alicyclic amines) is 1. The van der Waals surface area contributed by atoms with E-state index < -0.39 is 0 Å². The molecule has 0 N–H and O–H groups in total. The highest BCUT2D eigenvalue weighted by Crippen LogP contribution is 2.24. The summed E-state index contributed by atoms with van der Waals surface area (Å²) in [5, 5.41) is 0. The van der Waals surface area contributed by atoms with Gasteiger partial charge in [-0.2, -0.15) is 0 Å². The van der Waals surface area contributed by atoms with Gasteiger partial charge in [-0.15, -0.1) is 0 Å². The third-order valence-corrected chi connectivity index (χ3v) is 5.70. The van der Waals surface area contributed by atoms with E-state index >= 15 is 0 Å². The van der Waals surface area contributed by atoms with Crippen LogP contribution in [0.5, 0.6) is 0 Å². The predicted octanol–water partition coefficient (Wildman–Crippen LogP) is 2.91. The zero-order valence-corrected chi connectivity index (χ0v) is 15.2. The molecule has 0 saturated carbocycles. The Balaban J connectivity index is 1.81. The fraction of sp³-hybridized carbons (Fsp3) is 1.00. The summed E-state index contributed by atoms with van der Waals surface area (Å²) in [6.07, 6.45) is 2.79. The van der Waals surface area contributed by atoms with Crippen LogP contribution in [0.1, 0.15) is 54.4 Å². The van der Waals surface area contributed by atoms with E-state index in [9.17, 15) is 0 Å². The molecule has 3 heteroatoms.